The van der Waals surface area contributed by atoms with Crippen LogP contribution in [0.25, 0.3) is 0 Å². The van der Waals surface area contributed by atoms with E-state index in [0.29, 0.717) is 29.1 Å². The minimum atomic E-state index is -0.322. The first-order valence-electron chi connectivity index (χ1n) is 11.3. The summed E-state index contributed by atoms with van der Waals surface area (Å²) in [6, 6.07) is 0. The molecule has 0 saturated heterocycles. The van der Waals surface area contributed by atoms with Crippen molar-refractivity contribution >= 4 is 0 Å². The third-order valence-electron chi connectivity index (χ3n) is 9.46. The lowest BCUT2D eigenvalue weighted by atomic mass is 9.46. The van der Waals surface area contributed by atoms with Crippen molar-refractivity contribution in [1.82, 2.24) is 0 Å². The molecular weight excluding hydrogens is 332 g/mol. The molecule has 0 heterocycles. The van der Waals surface area contributed by atoms with Crippen molar-refractivity contribution in [3.8, 4) is 11.8 Å². The summed E-state index contributed by atoms with van der Waals surface area (Å²) in [4.78, 5) is 0. The Kier molecular flexibility index (Phi) is 5.01. The second-order valence-electron chi connectivity index (χ2n) is 10.6. The predicted octanol–water partition coefficient (Wildman–Crippen LogP) is 4.95. The van der Waals surface area contributed by atoms with Gasteiger partial charge in [-0.3, -0.25) is 0 Å². The van der Waals surface area contributed by atoms with Crippen molar-refractivity contribution in [3.63, 3.8) is 0 Å². The Bertz CT molecular complexity index is 670. The van der Waals surface area contributed by atoms with Crippen molar-refractivity contribution in [1.29, 1.82) is 0 Å². The van der Waals surface area contributed by atoms with E-state index in [2.05, 4.69) is 38.7 Å². The van der Waals surface area contributed by atoms with E-state index < -0.39 is 0 Å². The molecule has 4 aliphatic rings. The second-order valence-corrected chi connectivity index (χ2v) is 10.6. The minimum absolute atomic E-state index is 0.196. The van der Waals surface area contributed by atoms with E-state index in [1.54, 1.807) is 0 Å². The van der Waals surface area contributed by atoms with Crippen LogP contribution in [0.3, 0.4) is 0 Å². The summed E-state index contributed by atoms with van der Waals surface area (Å²) < 4.78 is 0. The lowest BCUT2D eigenvalue weighted by Gasteiger charge is -2.59. The van der Waals surface area contributed by atoms with Crippen LogP contribution in [0.2, 0.25) is 0 Å². The zero-order valence-electron chi connectivity index (χ0n) is 17.7. The smallest absolute Gasteiger partial charge is 0.0757 e. The van der Waals surface area contributed by atoms with E-state index in [9.17, 15) is 10.2 Å². The van der Waals surface area contributed by atoms with Gasteiger partial charge < -0.3 is 10.2 Å². The van der Waals surface area contributed by atoms with Crippen LogP contribution in [0.15, 0.2) is 11.6 Å². The van der Waals surface area contributed by atoms with E-state index in [1.807, 2.05) is 6.92 Å². The van der Waals surface area contributed by atoms with E-state index in [-0.39, 0.29) is 17.6 Å². The Balaban J connectivity index is 1.63. The van der Waals surface area contributed by atoms with Crippen molar-refractivity contribution in [2.45, 2.75) is 91.3 Å². The van der Waals surface area contributed by atoms with E-state index in [1.165, 1.54) is 31.3 Å². The highest BCUT2D eigenvalue weighted by molar-refractivity contribution is 5.28. The average molecular weight is 371 g/mol. The molecule has 2 heteroatoms. The molecule has 9 unspecified atom stereocenters. The molecule has 0 aromatic rings. The summed E-state index contributed by atoms with van der Waals surface area (Å²) in [7, 11) is 0. The van der Waals surface area contributed by atoms with Gasteiger partial charge in [0.2, 0.25) is 0 Å². The van der Waals surface area contributed by atoms with Gasteiger partial charge in [-0.1, -0.05) is 32.4 Å². The standard InChI is InChI=1S/C25H38O2/c1-5-6-7-16(2)19-8-9-20-23-21(11-13-25(19,20)4)24(3)12-10-18(26)14-17(24)15-22(23)27/h15-16,18-23,26-27H,7-14H2,1-4H3. The third-order valence-corrected chi connectivity index (χ3v) is 9.46. The van der Waals surface area contributed by atoms with Gasteiger partial charge in [-0.2, -0.15) is 0 Å². The van der Waals surface area contributed by atoms with E-state index in [0.717, 1.165) is 31.6 Å². The number of aliphatic hydroxyl groups is 2. The molecule has 0 spiro atoms. The summed E-state index contributed by atoms with van der Waals surface area (Å²) in [5.41, 5.74) is 1.90. The van der Waals surface area contributed by atoms with Crippen LogP contribution in [0.5, 0.6) is 0 Å². The normalized spacial score (nSPS) is 49.8. The topological polar surface area (TPSA) is 40.5 Å². The van der Waals surface area contributed by atoms with Gasteiger partial charge in [-0.15, -0.1) is 11.8 Å². The molecule has 4 rings (SSSR count). The highest BCUT2D eigenvalue weighted by atomic mass is 16.3. The highest BCUT2D eigenvalue weighted by Gasteiger charge is 2.61. The zero-order valence-corrected chi connectivity index (χ0v) is 17.7. The van der Waals surface area contributed by atoms with Crippen molar-refractivity contribution in [2.75, 3.05) is 0 Å². The van der Waals surface area contributed by atoms with Crippen LogP contribution in [0, 0.1) is 52.3 Å². The van der Waals surface area contributed by atoms with Crippen LogP contribution >= 0.6 is 0 Å². The van der Waals surface area contributed by atoms with E-state index >= 15 is 0 Å². The summed E-state index contributed by atoms with van der Waals surface area (Å²) >= 11 is 0. The SMILES string of the molecule is CC#CCC(C)C1CCC2C3C(O)C=C4CC(O)CCC4(C)C3CCC12C. The van der Waals surface area contributed by atoms with Crippen LogP contribution < -0.4 is 0 Å². The third kappa shape index (κ3) is 2.92. The fraction of sp³-hybridized carbons (Fsp3) is 0.840. The molecule has 150 valence electrons. The van der Waals surface area contributed by atoms with Gasteiger partial charge in [-0.05, 0) is 92.3 Å². The molecule has 0 radical (unpaired) electrons. The maximum Gasteiger partial charge on any atom is 0.0757 e. The minimum Gasteiger partial charge on any atom is -0.393 e. The maximum absolute atomic E-state index is 11.2. The number of fused-ring (bicyclic) bond motifs is 5. The van der Waals surface area contributed by atoms with Crippen LogP contribution in [-0.2, 0) is 0 Å². The number of hydrogen-bond acceptors (Lipinski definition) is 2. The van der Waals surface area contributed by atoms with Crippen LogP contribution in [0.4, 0.5) is 0 Å². The molecule has 3 saturated carbocycles. The van der Waals surface area contributed by atoms with Gasteiger partial charge in [0.15, 0.2) is 0 Å². The maximum atomic E-state index is 11.2. The average Bonchev–Trinajstić information content (AvgIpc) is 2.98. The van der Waals surface area contributed by atoms with Gasteiger partial charge in [-0.25, -0.2) is 0 Å². The van der Waals surface area contributed by atoms with E-state index in [4.69, 9.17) is 0 Å². The monoisotopic (exact) mass is 370 g/mol. The Labute approximate surface area is 165 Å². The molecule has 0 aliphatic heterocycles. The second kappa shape index (κ2) is 6.93. The molecule has 0 bridgehead atoms. The Morgan fingerprint density at radius 3 is 2.63 bits per heavy atom. The fourth-order valence-electron chi connectivity index (χ4n) is 8.01. The summed E-state index contributed by atoms with van der Waals surface area (Å²) in [6.45, 7) is 9.30. The van der Waals surface area contributed by atoms with Gasteiger partial charge in [0.1, 0.15) is 0 Å². The number of rotatable bonds is 2. The molecular formula is C25H38O2. The van der Waals surface area contributed by atoms with Crippen molar-refractivity contribution in [2.24, 2.45) is 40.4 Å². The Morgan fingerprint density at radius 1 is 1.11 bits per heavy atom. The van der Waals surface area contributed by atoms with Crippen LogP contribution in [-0.4, -0.2) is 22.4 Å². The molecule has 3 fully saturated rings. The first-order valence-corrected chi connectivity index (χ1v) is 11.3. The largest absolute Gasteiger partial charge is 0.393 e. The Morgan fingerprint density at radius 2 is 1.89 bits per heavy atom. The van der Waals surface area contributed by atoms with Crippen molar-refractivity contribution < 1.29 is 10.2 Å². The predicted molar refractivity (Wildman–Crippen MR) is 110 cm³/mol. The first-order chi connectivity index (χ1) is 12.8. The summed E-state index contributed by atoms with van der Waals surface area (Å²) in [5.74, 6) is 9.41. The van der Waals surface area contributed by atoms with Gasteiger partial charge in [0.05, 0.1) is 12.2 Å². The quantitative estimate of drug-likeness (QED) is 0.533. The summed E-state index contributed by atoms with van der Waals surface area (Å²) in [5, 5.41) is 21.4. The van der Waals surface area contributed by atoms with Crippen LogP contribution in [0.1, 0.15) is 79.1 Å². The lowest BCUT2D eigenvalue weighted by molar-refractivity contribution is -0.0965. The molecule has 9 atom stereocenters. The molecule has 0 aromatic heterocycles. The molecule has 27 heavy (non-hydrogen) atoms. The lowest BCUT2D eigenvalue weighted by Crippen LogP contribution is -2.54. The number of hydrogen-bond donors (Lipinski definition) is 2. The molecule has 0 aromatic carbocycles. The van der Waals surface area contributed by atoms with Gasteiger partial charge in [0, 0.05) is 6.42 Å². The van der Waals surface area contributed by atoms with Gasteiger partial charge in [0.25, 0.3) is 0 Å². The summed E-state index contributed by atoms with van der Waals surface area (Å²) in [6.07, 6.45) is 10.5. The zero-order chi connectivity index (χ0) is 19.4. The molecule has 4 aliphatic carbocycles. The van der Waals surface area contributed by atoms with Gasteiger partial charge >= 0.3 is 0 Å². The molecule has 2 nitrogen and oxygen atoms in total. The number of aliphatic hydroxyl groups excluding tert-OH is 2. The van der Waals surface area contributed by atoms with Crippen molar-refractivity contribution in [3.05, 3.63) is 11.6 Å². The molecule has 0 amide bonds. The first kappa shape index (κ1) is 19.5. The Hall–Kier alpha value is -0.780. The highest BCUT2D eigenvalue weighted by Crippen LogP contribution is 2.67. The molecule has 2 N–H and O–H groups in total. The fourth-order valence-corrected chi connectivity index (χ4v) is 8.01.